The molecule has 0 aliphatic heterocycles. The van der Waals surface area contributed by atoms with Gasteiger partial charge in [0.15, 0.2) is 5.78 Å². The van der Waals surface area contributed by atoms with Crippen molar-refractivity contribution in [1.29, 1.82) is 0 Å². The summed E-state index contributed by atoms with van der Waals surface area (Å²) in [4.78, 5) is 20.4. The van der Waals surface area contributed by atoms with Crippen LogP contribution in [0.15, 0.2) is 61.1 Å². The van der Waals surface area contributed by atoms with E-state index in [1.54, 1.807) is 36.8 Å². The van der Waals surface area contributed by atoms with Gasteiger partial charge < -0.3 is 0 Å². The number of fused-ring (bicyclic) bond motifs is 1. The van der Waals surface area contributed by atoms with Gasteiger partial charge in [-0.1, -0.05) is 6.07 Å². The zero-order valence-electron chi connectivity index (χ0n) is 9.58. The number of hydrogen-bond acceptors (Lipinski definition) is 3. The fourth-order valence-electron chi connectivity index (χ4n) is 1.89. The van der Waals surface area contributed by atoms with Crippen LogP contribution in [0.4, 0.5) is 0 Å². The van der Waals surface area contributed by atoms with E-state index in [2.05, 4.69) is 9.97 Å². The number of aromatic nitrogens is 2. The fourth-order valence-corrected chi connectivity index (χ4v) is 1.89. The highest BCUT2D eigenvalue weighted by Gasteiger charge is 2.09. The summed E-state index contributed by atoms with van der Waals surface area (Å²) >= 11 is 0. The summed E-state index contributed by atoms with van der Waals surface area (Å²) in [5, 5.41) is 0.970. The van der Waals surface area contributed by atoms with Crippen LogP contribution in [-0.4, -0.2) is 15.8 Å². The van der Waals surface area contributed by atoms with Crippen molar-refractivity contribution in [2.24, 2.45) is 0 Å². The second-order valence-corrected chi connectivity index (χ2v) is 3.98. The second kappa shape index (κ2) is 4.37. The first-order chi connectivity index (χ1) is 8.84. The van der Waals surface area contributed by atoms with E-state index in [4.69, 9.17) is 0 Å². The molecule has 0 saturated heterocycles. The van der Waals surface area contributed by atoms with E-state index >= 15 is 0 Å². The maximum atomic E-state index is 12.2. The predicted octanol–water partition coefficient (Wildman–Crippen LogP) is 2.86. The van der Waals surface area contributed by atoms with Crippen LogP contribution in [0.5, 0.6) is 0 Å². The van der Waals surface area contributed by atoms with Crippen molar-refractivity contribution in [2.75, 3.05) is 0 Å². The number of rotatable bonds is 2. The zero-order valence-corrected chi connectivity index (χ0v) is 9.58. The minimum absolute atomic E-state index is 0.00292. The lowest BCUT2D eigenvalue weighted by molar-refractivity contribution is 0.103. The third-order valence-corrected chi connectivity index (χ3v) is 2.81. The highest BCUT2D eigenvalue weighted by atomic mass is 16.1. The Hall–Kier alpha value is -2.55. The molecule has 0 unspecified atom stereocenters. The minimum atomic E-state index is 0.00292. The molecule has 0 atom stereocenters. The number of ketones is 1. The Morgan fingerprint density at radius 3 is 2.56 bits per heavy atom. The highest BCUT2D eigenvalue weighted by Crippen LogP contribution is 2.16. The van der Waals surface area contributed by atoms with E-state index < -0.39 is 0 Å². The maximum Gasteiger partial charge on any atom is 0.193 e. The Morgan fingerprint density at radius 1 is 0.889 bits per heavy atom. The van der Waals surface area contributed by atoms with Crippen molar-refractivity contribution in [3.8, 4) is 0 Å². The normalized spacial score (nSPS) is 10.4. The molecule has 3 aromatic rings. The first-order valence-electron chi connectivity index (χ1n) is 5.64. The predicted molar refractivity (Wildman–Crippen MR) is 69.4 cm³/mol. The first-order valence-corrected chi connectivity index (χ1v) is 5.64. The molecule has 3 heteroatoms. The number of nitrogens with zero attached hydrogens (tertiary/aromatic N) is 2. The molecule has 3 rings (SSSR count). The van der Waals surface area contributed by atoms with Gasteiger partial charge in [-0.2, -0.15) is 0 Å². The van der Waals surface area contributed by atoms with Crippen LogP contribution >= 0.6 is 0 Å². The molecule has 0 aliphatic carbocycles. The van der Waals surface area contributed by atoms with Crippen molar-refractivity contribution < 1.29 is 4.79 Å². The van der Waals surface area contributed by atoms with Crippen LogP contribution in [-0.2, 0) is 0 Å². The number of benzene rings is 1. The van der Waals surface area contributed by atoms with Gasteiger partial charge in [0, 0.05) is 35.1 Å². The lowest BCUT2D eigenvalue weighted by Gasteiger charge is -2.02. The SMILES string of the molecule is O=C(c1ccncc1)c1ccc2ncccc2c1. The molecule has 0 spiro atoms. The number of carbonyl (C=O) groups excluding carboxylic acids is 1. The fraction of sp³-hybridized carbons (Fsp3) is 0. The third kappa shape index (κ3) is 1.86. The molecule has 86 valence electrons. The molecule has 0 saturated carbocycles. The van der Waals surface area contributed by atoms with Gasteiger partial charge in [-0.3, -0.25) is 14.8 Å². The summed E-state index contributed by atoms with van der Waals surface area (Å²) in [6.07, 6.45) is 4.98. The van der Waals surface area contributed by atoms with Crippen LogP contribution in [0.2, 0.25) is 0 Å². The topological polar surface area (TPSA) is 42.9 Å². The van der Waals surface area contributed by atoms with Gasteiger partial charge in [-0.15, -0.1) is 0 Å². The minimum Gasteiger partial charge on any atom is -0.289 e. The van der Waals surface area contributed by atoms with Gasteiger partial charge in [0.25, 0.3) is 0 Å². The van der Waals surface area contributed by atoms with Gasteiger partial charge in [-0.25, -0.2) is 0 Å². The average molecular weight is 234 g/mol. The van der Waals surface area contributed by atoms with Crippen molar-refractivity contribution in [3.05, 3.63) is 72.2 Å². The Labute approximate surface area is 104 Å². The van der Waals surface area contributed by atoms with Crippen LogP contribution in [0.1, 0.15) is 15.9 Å². The molecule has 1 aromatic carbocycles. The zero-order chi connectivity index (χ0) is 12.4. The van der Waals surface area contributed by atoms with E-state index in [9.17, 15) is 4.79 Å². The average Bonchev–Trinajstić information content (AvgIpc) is 2.47. The van der Waals surface area contributed by atoms with E-state index in [0.717, 1.165) is 10.9 Å². The monoisotopic (exact) mass is 234 g/mol. The molecule has 2 heterocycles. The maximum absolute atomic E-state index is 12.2. The summed E-state index contributed by atoms with van der Waals surface area (Å²) < 4.78 is 0. The Morgan fingerprint density at radius 2 is 1.72 bits per heavy atom. The van der Waals surface area contributed by atoms with Crippen molar-refractivity contribution in [3.63, 3.8) is 0 Å². The molecule has 18 heavy (non-hydrogen) atoms. The van der Waals surface area contributed by atoms with E-state index in [0.29, 0.717) is 11.1 Å². The summed E-state index contributed by atoms with van der Waals surface area (Å²) in [6.45, 7) is 0. The van der Waals surface area contributed by atoms with Crippen LogP contribution in [0.25, 0.3) is 10.9 Å². The lowest BCUT2D eigenvalue weighted by atomic mass is 10.0. The Bertz CT molecular complexity index is 708. The molecule has 3 nitrogen and oxygen atoms in total. The van der Waals surface area contributed by atoms with Crippen molar-refractivity contribution >= 4 is 16.7 Å². The van der Waals surface area contributed by atoms with Crippen molar-refractivity contribution in [2.45, 2.75) is 0 Å². The van der Waals surface area contributed by atoms with Gasteiger partial charge in [0.1, 0.15) is 0 Å². The van der Waals surface area contributed by atoms with Crippen LogP contribution in [0, 0.1) is 0 Å². The quantitative estimate of drug-likeness (QED) is 0.640. The molecular weight excluding hydrogens is 224 g/mol. The van der Waals surface area contributed by atoms with Gasteiger partial charge in [-0.05, 0) is 36.4 Å². The number of pyridine rings is 2. The highest BCUT2D eigenvalue weighted by molar-refractivity contribution is 6.10. The summed E-state index contributed by atoms with van der Waals surface area (Å²) in [5.74, 6) is 0.00292. The van der Waals surface area contributed by atoms with E-state index in [1.165, 1.54) is 0 Å². The third-order valence-electron chi connectivity index (χ3n) is 2.81. The van der Waals surface area contributed by atoms with Crippen LogP contribution < -0.4 is 0 Å². The first kappa shape index (κ1) is 10.6. The molecule has 0 bridgehead atoms. The molecule has 0 aliphatic rings. The smallest absolute Gasteiger partial charge is 0.193 e. The second-order valence-electron chi connectivity index (χ2n) is 3.98. The molecule has 2 aromatic heterocycles. The van der Waals surface area contributed by atoms with E-state index in [1.807, 2.05) is 24.3 Å². The standard InChI is InChI=1S/C15H10N2O/c18-15(11-5-8-16-9-6-11)13-3-4-14-12(10-13)2-1-7-17-14/h1-10H. The lowest BCUT2D eigenvalue weighted by Crippen LogP contribution is -2.01. The Balaban J connectivity index is 2.07. The molecule has 0 N–H and O–H groups in total. The van der Waals surface area contributed by atoms with Crippen LogP contribution in [0.3, 0.4) is 0 Å². The summed E-state index contributed by atoms with van der Waals surface area (Å²) in [5.41, 5.74) is 2.21. The summed E-state index contributed by atoms with van der Waals surface area (Å²) in [7, 11) is 0. The molecular formula is C15H10N2O. The molecule has 0 fully saturated rings. The van der Waals surface area contributed by atoms with Crippen molar-refractivity contribution in [1.82, 2.24) is 9.97 Å². The molecule has 0 amide bonds. The number of carbonyl (C=O) groups is 1. The summed E-state index contributed by atoms with van der Waals surface area (Å²) in [6, 6.07) is 12.8. The van der Waals surface area contributed by atoms with Gasteiger partial charge >= 0.3 is 0 Å². The molecule has 0 radical (unpaired) electrons. The Kier molecular flexibility index (Phi) is 2.57. The van der Waals surface area contributed by atoms with Gasteiger partial charge in [0.05, 0.1) is 5.52 Å². The van der Waals surface area contributed by atoms with E-state index in [-0.39, 0.29) is 5.78 Å². The number of hydrogen-bond donors (Lipinski definition) is 0. The largest absolute Gasteiger partial charge is 0.289 e. The van der Waals surface area contributed by atoms with Gasteiger partial charge in [0.2, 0.25) is 0 Å².